The molecule has 23 heavy (non-hydrogen) atoms. The van der Waals surface area contributed by atoms with Gasteiger partial charge in [0.1, 0.15) is 5.57 Å². The number of hydrogen-bond acceptors (Lipinski definition) is 4. The maximum absolute atomic E-state index is 12.9. The number of carbonyl (C=O) groups is 2. The fraction of sp³-hybridized carbons (Fsp3) is 0.688. The third-order valence-corrected chi connectivity index (χ3v) is 5.80. The van der Waals surface area contributed by atoms with E-state index in [1.807, 2.05) is 13.1 Å². The minimum Gasteiger partial charge on any atom is -0.300 e. The fourth-order valence-corrected chi connectivity index (χ4v) is 4.23. The predicted molar refractivity (Wildman–Crippen MR) is 93.2 cm³/mol. The van der Waals surface area contributed by atoms with E-state index in [2.05, 4.69) is 10.2 Å². The number of alkyl halides is 1. The minimum absolute atomic E-state index is 0.0373. The number of hydrogen-bond donors (Lipinski definition) is 1. The highest BCUT2D eigenvalue weighted by Gasteiger charge is 2.39. The lowest BCUT2D eigenvalue weighted by atomic mass is 9.92. The van der Waals surface area contributed by atoms with Crippen LogP contribution in [0.25, 0.3) is 0 Å². The number of likely N-dealkylation sites (tertiary alicyclic amines) is 1. The van der Waals surface area contributed by atoms with Crippen molar-refractivity contribution in [2.75, 3.05) is 13.6 Å². The van der Waals surface area contributed by atoms with Crippen LogP contribution in [0.4, 0.5) is 0 Å². The van der Waals surface area contributed by atoms with Crippen LogP contribution >= 0.6 is 23.8 Å². The van der Waals surface area contributed by atoms with E-state index < -0.39 is 0 Å². The Hall–Kier alpha value is -0.980. The summed E-state index contributed by atoms with van der Waals surface area (Å²) in [6, 6.07) is 0.183. The third-order valence-electron chi connectivity index (χ3n) is 5.06. The molecule has 0 aromatic carbocycles. The standard InChI is InChI=1S/C16H22ClN3O2S/c1-19-8-2-3-12(19)9-13-14(21)18-16(23)20(15(13)22)11-6-4-10(17)5-7-11/h9-12H,2-8H2,1H3,(H,18,21,23)/b13-9-. The lowest BCUT2D eigenvalue weighted by Crippen LogP contribution is -2.58. The molecule has 0 aromatic rings. The normalized spacial score (nSPS) is 35.0. The van der Waals surface area contributed by atoms with Gasteiger partial charge in [-0.3, -0.25) is 24.7 Å². The van der Waals surface area contributed by atoms with E-state index in [4.69, 9.17) is 23.8 Å². The fourth-order valence-electron chi connectivity index (χ4n) is 3.65. The number of halogens is 1. The number of carbonyl (C=O) groups excluding carboxylic acids is 2. The van der Waals surface area contributed by atoms with Crippen molar-refractivity contribution < 1.29 is 9.59 Å². The van der Waals surface area contributed by atoms with Crippen molar-refractivity contribution in [1.29, 1.82) is 0 Å². The van der Waals surface area contributed by atoms with E-state index in [1.54, 1.807) is 4.90 Å². The largest absolute Gasteiger partial charge is 0.300 e. The Morgan fingerprint density at radius 2 is 1.91 bits per heavy atom. The first-order valence-corrected chi connectivity index (χ1v) is 9.07. The van der Waals surface area contributed by atoms with Crippen molar-refractivity contribution in [1.82, 2.24) is 15.1 Å². The topological polar surface area (TPSA) is 52.7 Å². The zero-order valence-electron chi connectivity index (χ0n) is 13.3. The number of nitrogens with one attached hydrogen (secondary N) is 1. The molecule has 0 aromatic heterocycles. The van der Waals surface area contributed by atoms with Gasteiger partial charge in [0.15, 0.2) is 5.11 Å². The van der Waals surface area contributed by atoms with Crippen LogP contribution in [0.3, 0.4) is 0 Å². The molecule has 3 rings (SSSR count). The summed E-state index contributed by atoms with van der Waals surface area (Å²) < 4.78 is 0. The number of thiocarbonyl (C=S) groups is 1. The van der Waals surface area contributed by atoms with E-state index in [1.165, 1.54) is 0 Å². The van der Waals surface area contributed by atoms with Gasteiger partial charge in [-0.15, -0.1) is 11.6 Å². The third kappa shape index (κ3) is 3.44. The quantitative estimate of drug-likeness (QED) is 0.355. The van der Waals surface area contributed by atoms with E-state index >= 15 is 0 Å². The average Bonchev–Trinajstić information content (AvgIpc) is 2.90. The Morgan fingerprint density at radius 1 is 1.22 bits per heavy atom. The molecular weight excluding hydrogens is 334 g/mol. The maximum atomic E-state index is 12.9. The lowest BCUT2D eigenvalue weighted by Gasteiger charge is -2.38. The molecule has 7 heteroatoms. The second kappa shape index (κ2) is 6.87. The molecule has 2 saturated heterocycles. The van der Waals surface area contributed by atoms with Crippen LogP contribution in [0.15, 0.2) is 11.6 Å². The van der Waals surface area contributed by atoms with Gasteiger partial charge in [0.05, 0.1) is 0 Å². The summed E-state index contributed by atoms with van der Waals surface area (Å²) >= 11 is 11.4. The Kier molecular flexibility index (Phi) is 5.04. The highest BCUT2D eigenvalue weighted by atomic mass is 35.5. The molecule has 0 bridgehead atoms. The molecule has 1 saturated carbocycles. The monoisotopic (exact) mass is 355 g/mol. The van der Waals surface area contributed by atoms with Crippen LogP contribution in [-0.2, 0) is 9.59 Å². The van der Waals surface area contributed by atoms with Crippen LogP contribution in [0, 0.1) is 0 Å². The van der Waals surface area contributed by atoms with Gasteiger partial charge in [-0.05, 0) is 70.4 Å². The second-order valence-electron chi connectivity index (χ2n) is 6.61. The Bertz CT molecular complexity index is 558. The second-order valence-corrected chi connectivity index (χ2v) is 7.61. The van der Waals surface area contributed by atoms with Crippen LogP contribution in [0.5, 0.6) is 0 Å². The molecule has 126 valence electrons. The van der Waals surface area contributed by atoms with Crippen molar-refractivity contribution in [3.8, 4) is 0 Å². The summed E-state index contributed by atoms with van der Waals surface area (Å²) in [5.41, 5.74) is 0.227. The van der Waals surface area contributed by atoms with E-state index in [0.29, 0.717) is 0 Å². The number of likely N-dealkylation sites (N-methyl/N-ethyl adjacent to an activating group) is 1. The van der Waals surface area contributed by atoms with Crippen LogP contribution < -0.4 is 5.32 Å². The predicted octanol–water partition coefficient (Wildman–Crippen LogP) is 1.80. The first-order valence-electron chi connectivity index (χ1n) is 8.22. The summed E-state index contributed by atoms with van der Waals surface area (Å²) in [4.78, 5) is 28.9. The molecule has 2 heterocycles. The Labute approximate surface area is 147 Å². The first-order chi connectivity index (χ1) is 11.0. The summed E-state index contributed by atoms with van der Waals surface area (Å²) in [6.07, 6.45) is 7.27. The van der Waals surface area contributed by atoms with Gasteiger partial charge >= 0.3 is 0 Å². The molecule has 5 nitrogen and oxygen atoms in total. The first kappa shape index (κ1) is 16.9. The van der Waals surface area contributed by atoms with E-state index in [0.717, 1.165) is 45.1 Å². The van der Waals surface area contributed by atoms with Gasteiger partial charge in [-0.2, -0.15) is 0 Å². The van der Waals surface area contributed by atoms with Crippen molar-refractivity contribution in [2.45, 2.75) is 56.0 Å². The summed E-state index contributed by atoms with van der Waals surface area (Å²) in [5, 5.41) is 3.09. The van der Waals surface area contributed by atoms with Crippen LogP contribution in [0.2, 0.25) is 0 Å². The van der Waals surface area contributed by atoms with Gasteiger partial charge in [-0.25, -0.2) is 0 Å². The molecule has 1 N–H and O–H groups in total. The van der Waals surface area contributed by atoms with Crippen molar-refractivity contribution in [3.05, 3.63) is 11.6 Å². The summed E-state index contributed by atoms with van der Waals surface area (Å²) in [6.45, 7) is 0.992. The Morgan fingerprint density at radius 3 is 2.52 bits per heavy atom. The van der Waals surface area contributed by atoms with Crippen molar-refractivity contribution in [2.24, 2.45) is 0 Å². The van der Waals surface area contributed by atoms with E-state index in [9.17, 15) is 9.59 Å². The molecule has 0 spiro atoms. The summed E-state index contributed by atoms with van der Waals surface area (Å²) in [7, 11) is 2.02. The zero-order valence-corrected chi connectivity index (χ0v) is 14.8. The van der Waals surface area contributed by atoms with Gasteiger partial charge in [0.25, 0.3) is 11.8 Å². The van der Waals surface area contributed by atoms with Gasteiger partial charge in [-0.1, -0.05) is 0 Å². The van der Waals surface area contributed by atoms with Crippen molar-refractivity contribution >= 4 is 40.7 Å². The molecule has 1 unspecified atom stereocenters. The molecule has 1 atom stereocenters. The SMILES string of the molecule is CN1CCCC1/C=C1/C(=O)NC(=S)N(C2CCC(Cl)CC2)C1=O. The molecule has 2 amide bonds. The number of nitrogens with zero attached hydrogens (tertiary/aromatic N) is 2. The molecule has 3 fully saturated rings. The summed E-state index contributed by atoms with van der Waals surface area (Å²) in [5.74, 6) is -0.625. The molecule has 3 aliphatic rings. The molecule has 0 radical (unpaired) electrons. The number of amides is 2. The zero-order chi connectivity index (χ0) is 16.6. The molecule has 1 aliphatic carbocycles. The van der Waals surface area contributed by atoms with Gasteiger partial charge in [0, 0.05) is 17.5 Å². The lowest BCUT2D eigenvalue weighted by molar-refractivity contribution is -0.130. The van der Waals surface area contributed by atoms with Crippen LogP contribution in [-0.4, -0.2) is 57.8 Å². The van der Waals surface area contributed by atoms with Gasteiger partial charge in [0.2, 0.25) is 0 Å². The van der Waals surface area contributed by atoms with Gasteiger partial charge < -0.3 is 0 Å². The highest BCUT2D eigenvalue weighted by molar-refractivity contribution is 7.80. The van der Waals surface area contributed by atoms with Crippen molar-refractivity contribution in [3.63, 3.8) is 0 Å². The molecular formula is C16H22ClN3O2S. The molecule has 2 aliphatic heterocycles. The smallest absolute Gasteiger partial charge is 0.265 e. The average molecular weight is 356 g/mol. The van der Waals surface area contributed by atoms with E-state index in [-0.39, 0.29) is 40.0 Å². The van der Waals surface area contributed by atoms with Crippen LogP contribution in [0.1, 0.15) is 38.5 Å². The Balaban J connectivity index is 1.81. The highest BCUT2D eigenvalue weighted by Crippen LogP contribution is 2.29. The maximum Gasteiger partial charge on any atom is 0.265 e. The minimum atomic E-state index is -0.373. The number of rotatable bonds is 2.